The van der Waals surface area contributed by atoms with Crippen LogP contribution in [0.4, 0.5) is 23.7 Å². The summed E-state index contributed by atoms with van der Waals surface area (Å²) in [6.07, 6.45) is 0.404. The first kappa shape index (κ1) is 21.8. The van der Waals surface area contributed by atoms with E-state index in [1.807, 2.05) is 12.1 Å². The number of piperidine rings is 1. The number of nitrogens with zero attached hydrogens (tertiary/aromatic N) is 1. The molecule has 152 valence electrons. The van der Waals surface area contributed by atoms with Crippen LogP contribution in [0.1, 0.15) is 12.8 Å². The second-order valence-corrected chi connectivity index (χ2v) is 6.42. The van der Waals surface area contributed by atoms with E-state index in [1.54, 1.807) is 12.4 Å². The standard InChI is InChI=1S/C13H16F3N3O2.C5H5NS/c14-13(15,16)21-11-3-1-9(2-4-11)18-12(20)19-10-5-7-17-8-6-10;7-5-2-1-3-6-4-5/h1-4,10,17H,5-8H2,(H2,18,19,20);1-4,7H. The molecule has 1 saturated heterocycles. The summed E-state index contributed by atoms with van der Waals surface area (Å²) in [7, 11) is 0. The number of hydrogen-bond donors (Lipinski definition) is 4. The summed E-state index contributed by atoms with van der Waals surface area (Å²) in [6, 6.07) is 8.47. The Morgan fingerprint density at radius 2 is 1.86 bits per heavy atom. The molecule has 0 bridgehead atoms. The molecule has 0 unspecified atom stereocenters. The lowest BCUT2D eigenvalue weighted by Gasteiger charge is -2.23. The minimum Gasteiger partial charge on any atom is -0.406 e. The van der Waals surface area contributed by atoms with Gasteiger partial charge < -0.3 is 20.7 Å². The van der Waals surface area contributed by atoms with Gasteiger partial charge in [0.25, 0.3) is 0 Å². The van der Waals surface area contributed by atoms with E-state index in [-0.39, 0.29) is 17.8 Å². The molecule has 0 spiro atoms. The maximum atomic E-state index is 12.0. The van der Waals surface area contributed by atoms with Gasteiger partial charge >= 0.3 is 12.4 Å². The third-order valence-corrected chi connectivity index (χ3v) is 3.93. The van der Waals surface area contributed by atoms with Crippen molar-refractivity contribution in [1.82, 2.24) is 15.6 Å². The highest BCUT2D eigenvalue weighted by molar-refractivity contribution is 7.80. The third-order valence-electron chi connectivity index (χ3n) is 3.67. The normalized spacial score (nSPS) is 14.4. The molecule has 0 aliphatic carbocycles. The molecule has 6 nitrogen and oxygen atoms in total. The maximum Gasteiger partial charge on any atom is 0.573 e. The van der Waals surface area contributed by atoms with Crippen molar-refractivity contribution >= 4 is 24.3 Å². The topological polar surface area (TPSA) is 75.3 Å². The minimum absolute atomic E-state index is 0.110. The Bertz CT molecular complexity index is 724. The van der Waals surface area contributed by atoms with Gasteiger partial charge in [-0.05, 0) is 62.3 Å². The molecule has 10 heteroatoms. The highest BCUT2D eigenvalue weighted by Gasteiger charge is 2.30. The lowest BCUT2D eigenvalue weighted by Crippen LogP contribution is -2.44. The zero-order chi connectivity index (χ0) is 20.4. The number of anilines is 1. The molecule has 2 heterocycles. The molecule has 2 amide bonds. The molecule has 0 saturated carbocycles. The Balaban J connectivity index is 0.000000336. The fourth-order valence-corrected chi connectivity index (χ4v) is 2.57. The van der Waals surface area contributed by atoms with Crippen molar-refractivity contribution in [2.24, 2.45) is 0 Å². The van der Waals surface area contributed by atoms with Crippen molar-refractivity contribution in [3.63, 3.8) is 0 Å². The van der Waals surface area contributed by atoms with Gasteiger partial charge in [0.2, 0.25) is 0 Å². The molecule has 1 aromatic heterocycles. The number of amides is 2. The molecule has 1 fully saturated rings. The lowest BCUT2D eigenvalue weighted by atomic mass is 10.1. The van der Waals surface area contributed by atoms with Gasteiger partial charge in [0.1, 0.15) is 5.75 Å². The number of nitrogens with one attached hydrogen (secondary N) is 3. The zero-order valence-corrected chi connectivity index (χ0v) is 15.8. The smallest absolute Gasteiger partial charge is 0.406 e. The van der Waals surface area contributed by atoms with Crippen LogP contribution in [0.25, 0.3) is 0 Å². The number of halogens is 3. The number of alkyl halides is 3. The number of thiol groups is 1. The molecule has 0 radical (unpaired) electrons. The monoisotopic (exact) mass is 414 g/mol. The van der Waals surface area contributed by atoms with Crippen LogP contribution in [0, 0.1) is 0 Å². The molecule has 0 atom stereocenters. The quantitative estimate of drug-likeness (QED) is 0.576. The van der Waals surface area contributed by atoms with E-state index in [9.17, 15) is 18.0 Å². The predicted molar refractivity (Wildman–Crippen MR) is 103 cm³/mol. The summed E-state index contributed by atoms with van der Waals surface area (Å²) >= 11 is 4.02. The van der Waals surface area contributed by atoms with Gasteiger partial charge in [-0.2, -0.15) is 0 Å². The molecule has 2 aromatic rings. The molecule has 28 heavy (non-hydrogen) atoms. The highest BCUT2D eigenvalue weighted by Crippen LogP contribution is 2.23. The highest BCUT2D eigenvalue weighted by atomic mass is 32.1. The maximum absolute atomic E-state index is 12.0. The third kappa shape index (κ3) is 8.96. The summed E-state index contributed by atoms with van der Waals surface area (Å²) in [6.45, 7) is 1.71. The van der Waals surface area contributed by atoms with Gasteiger partial charge in [-0.3, -0.25) is 4.98 Å². The van der Waals surface area contributed by atoms with Crippen LogP contribution in [0.15, 0.2) is 53.7 Å². The molecule has 1 aromatic carbocycles. The number of carbonyl (C=O) groups is 1. The fourth-order valence-electron chi connectivity index (χ4n) is 2.41. The van der Waals surface area contributed by atoms with Gasteiger partial charge in [-0.1, -0.05) is 0 Å². The summed E-state index contributed by atoms with van der Waals surface area (Å²) < 4.78 is 39.8. The van der Waals surface area contributed by atoms with Crippen LogP contribution in [-0.4, -0.2) is 36.5 Å². The van der Waals surface area contributed by atoms with E-state index >= 15 is 0 Å². The van der Waals surface area contributed by atoms with E-state index in [4.69, 9.17) is 0 Å². The Morgan fingerprint density at radius 1 is 1.18 bits per heavy atom. The minimum atomic E-state index is -4.72. The largest absolute Gasteiger partial charge is 0.573 e. The van der Waals surface area contributed by atoms with E-state index in [0.29, 0.717) is 5.69 Å². The van der Waals surface area contributed by atoms with Crippen LogP contribution < -0.4 is 20.7 Å². The first-order valence-electron chi connectivity index (χ1n) is 8.55. The summed E-state index contributed by atoms with van der Waals surface area (Å²) in [5.41, 5.74) is 0.399. The van der Waals surface area contributed by atoms with Crippen LogP contribution in [0.3, 0.4) is 0 Å². The van der Waals surface area contributed by atoms with Crippen LogP contribution in [-0.2, 0) is 0 Å². The number of urea groups is 1. The molecular formula is C18H21F3N4O2S. The van der Waals surface area contributed by atoms with Gasteiger partial charge in [-0.15, -0.1) is 25.8 Å². The van der Waals surface area contributed by atoms with Crippen molar-refractivity contribution in [3.8, 4) is 5.75 Å². The Hall–Kier alpha value is -2.46. The van der Waals surface area contributed by atoms with E-state index < -0.39 is 6.36 Å². The molecular weight excluding hydrogens is 393 g/mol. The average Bonchev–Trinajstić information content (AvgIpc) is 2.64. The number of pyridine rings is 1. The van der Waals surface area contributed by atoms with E-state index in [0.717, 1.165) is 43.0 Å². The van der Waals surface area contributed by atoms with Crippen molar-refractivity contribution < 1.29 is 22.7 Å². The zero-order valence-electron chi connectivity index (χ0n) is 14.9. The fraction of sp³-hybridized carbons (Fsp3) is 0.333. The van der Waals surface area contributed by atoms with Gasteiger partial charge in [0.15, 0.2) is 0 Å². The van der Waals surface area contributed by atoms with E-state index in [1.165, 1.54) is 12.1 Å². The molecule has 3 N–H and O–H groups in total. The number of ether oxygens (including phenoxy) is 1. The SMILES string of the molecule is O=C(Nc1ccc(OC(F)(F)F)cc1)NC1CCNCC1.Sc1cccnc1. The number of rotatable bonds is 3. The Kier molecular flexibility index (Phi) is 8.40. The average molecular weight is 414 g/mol. The first-order chi connectivity index (χ1) is 13.3. The number of benzene rings is 1. The lowest BCUT2D eigenvalue weighted by molar-refractivity contribution is -0.274. The van der Waals surface area contributed by atoms with Gasteiger partial charge in [0, 0.05) is 29.0 Å². The van der Waals surface area contributed by atoms with Crippen LogP contribution in [0.2, 0.25) is 0 Å². The van der Waals surface area contributed by atoms with Gasteiger partial charge in [-0.25, -0.2) is 4.79 Å². The predicted octanol–water partition coefficient (Wildman–Crippen LogP) is 3.83. The number of hydrogen-bond acceptors (Lipinski definition) is 5. The molecule has 1 aliphatic rings. The number of aromatic nitrogens is 1. The first-order valence-corrected chi connectivity index (χ1v) is 8.99. The Morgan fingerprint density at radius 3 is 2.36 bits per heavy atom. The second-order valence-electron chi connectivity index (χ2n) is 5.91. The van der Waals surface area contributed by atoms with Crippen LogP contribution >= 0.6 is 12.6 Å². The summed E-state index contributed by atoms with van der Waals surface area (Å²) in [4.78, 5) is 16.5. The van der Waals surface area contributed by atoms with E-state index in [2.05, 4.69) is 38.3 Å². The van der Waals surface area contributed by atoms with Crippen molar-refractivity contribution in [2.75, 3.05) is 18.4 Å². The van der Waals surface area contributed by atoms with Gasteiger partial charge in [0.05, 0.1) is 0 Å². The Labute approximate surface area is 166 Å². The van der Waals surface area contributed by atoms with Crippen LogP contribution in [0.5, 0.6) is 5.75 Å². The van der Waals surface area contributed by atoms with Crippen molar-refractivity contribution in [3.05, 3.63) is 48.8 Å². The summed E-state index contributed by atoms with van der Waals surface area (Å²) in [5, 5.41) is 8.58. The number of carbonyl (C=O) groups excluding carboxylic acids is 1. The van der Waals surface area contributed by atoms with Crippen molar-refractivity contribution in [1.29, 1.82) is 0 Å². The molecule has 3 rings (SSSR count). The summed E-state index contributed by atoms with van der Waals surface area (Å²) in [5.74, 6) is -0.327. The van der Waals surface area contributed by atoms with Crippen molar-refractivity contribution in [2.45, 2.75) is 30.1 Å². The molecule has 1 aliphatic heterocycles. The second kappa shape index (κ2) is 10.8.